The van der Waals surface area contributed by atoms with Gasteiger partial charge in [-0.15, -0.1) is 0 Å². The highest BCUT2D eigenvalue weighted by Gasteiger charge is 2.41. The first-order valence-corrected chi connectivity index (χ1v) is 8.70. The van der Waals surface area contributed by atoms with E-state index in [1.165, 1.54) is 19.3 Å². The Morgan fingerprint density at radius 3 is 2.45 bits per heavy atom. The minimum atomic E-state index is 0.0509. The summed E-state index contributed by atoms with van der Waals surface area (Å²) in [4.78, 5) is 8.07. The van der Waals surface area contributed by atoms with E-state index in [0.717, 1.165) is 29.5 Å². The molecule has 3 rings (SSSR count). The van der Waals surface area contributed by atoms with Crippen LogP contribution in [0.15, 0.2) is 23.5 Å². The van der Waals surface area contributed by atoms with Crippen molar-refractivity contribution < 1.29 is 5.11 Å². The van der Waals surface area contributed by atoms with Crippen LogP contribution >= 0.6 is 0 Å². The van der Waals surface area contributed by atoms with E-state index in [-0.39, 0.29) is 6.10 Å². The molecule has 0 aliphatic heterocycles. The summed E-state index contributed by atoms with van der Waals surface area (Å²) in [6.07, 6.45) is 10.3. The number of fused-ring (bicyclic) bond motifs is 1. The lowest BCUT2D eigenvalue weighted by Gasteiger charge is -2.14. The third-order valence-corrected chi connectivity index (χ3v) is 4.81. The minimum absolute atomic E-state index is 0.0509. The largest absolute Gasteiger partial charge is 0.393 e. The van der Waals surface area contributed by atoms with Crippen LogP contribution in [-0.2, 0) is 0 Å². The van der Waals surface area contributed by atoms with Crippen LogP contribution in [0.4, 0.5) is 5.69 Å². The monoisotopic (exact) mass is 304 g/mol. The lowest BCUT2D eigenvalue weighted by molar-refractivity contribution is 0.124. The average Bonchev–Trinajstić information content (AvgIpc) is 3.09. The Kier molecular flexibility index (Phi) is 8.32. The molecule has 4 atom stereocenters. The van der Waals surface area contributed by atoms with Crippen molar-refractivity contribution in [3.63, 3.8) is 0 Å². The van der Waals surface area contributed by atoms with Crippen LogP contribution < -0.4 is 0 Å². The van der Waals surface area contributed by atoms with Gasteiger partial charge in [-0.3, -0.25) is 9.98 Å². The molecule has 22 heavy (non-hydrogen) atoms. The standard InChI is InChI=1S/C9H16O.C8H10N2.C2H6/c1-6-2-3-8-7(6)4-5-9(8)10;1-3-10-8-6-9-5-4-7(8)2;1-2/h6-10H,2-5H2,1H3;3-6H,1-2H3;1-2H3/t6?,7?,8?,9-;;/m1../s1. The summed E-state index contributed by atoms with van der Waals surface area (Å²) < 4.78 is 0. The summed E-state index contributed by atoms with van der Waals surface area (Å²) in [5.41, 5.74) is 2.11. The third-order valence-electron chi connectivity index (χ3n) is 4.81. The summed E-state index contributed by atoms with van der Waals surface area (Å²) in [6, 6.07) is 1.95. The molecule has 0 aromatic carbocycles. The number of hydrogen-bond donors (Lipinski definition) is 1. The van der Waals surface area contributed by atoms with Crippen LogP contribution in [0.25, 0.3) is 0 Å². The zero-order valence-corrected chi connectivity index (χ0v) is 14.8. The van der Waals surface area contributed by atoms with Crippen LogP contribution in [-0.4, -0.2) is 22.4 Å². The quantitative estimate of drug-likeness (QED) is 0.747. The highest BCUT2D eigenvalue weighted by molar-refractivity contribution is 5.61. The summed E-state index contributed by atoms with van der Waals surface area (Å²) in [7, 11) is 0. The Morgan fingerprint density at radius 2 is 1.86 bits per heavy atom. The van der Waals surface area contributed by atoms with Crippen LogP contribution in [0.2, 0.25) is 0 Å². The number of pyridine rings is 1. The molecule has 3 heteroatoms. The summed E-state index contributed by atoms with van der Waals surface area (Å²) in [5, 5.41) is 9.52. The smallest absolute Gasteiger partial charge is 0.0837 e. The lowest BCUT2D eigenvalue weighted by Crippen LogP contribution is -2.15. The van der Waals surface area contributed by atoms with Gasteiger partial charge in [0.1, 0.15) is 0 Å². The van der Waals surface area contributed by atoms with Crippen LogP contribution in [0.1, 0.15) is 58.9 Å². The molecule has 0 amide bonds. The molecule has 2 aliphatic rings. The van der Waals surface area contributed by atoms with Gasteiger partial charge in [-0.25, -0.2) is 0 Å². The van der Waals surface area contributed by atoms with E-state index in [1.54, 1.807) is 18.6 Å². The van der Waals surface area contributed by atoms with Gasteiger partial charge >= 0.3 is 0 Å². The number of aromatic nitrogens is 1. The molecule has 1 heterocycles. The Labute approximate surface area is 135 Å². The van der Waals surface area contributed by atoms with Crippen LogP contribution in [0.3, 0.4) is 0 Å². The van der Waals surface area contributed by atoms with Gasteiger partial charge in [-0.2, -0.15) is 0 Å². The fraction of sp³-hybridized carbons (Fsp3) is 0.684. The maximum Gasteiger partial charge on any atom is 0.0837 e. The second kappa shape index (κ2) is 9.73. The molecule has 0 bridgehead atoms. The maximum atomic E-state index is 9.52. The van der Waals surface area contributed by atoms with Crippen molar-refractivity contribution in [1.82, 2.24) is 4.98 Å². The molecule has 124 valence electrons. The van der Waals surface area contributed by atoms with Crippen molar-refractivity contribution in [2.24, 2.45) is 22.7 Å². The first-order chi connectivity index (χ1) is 10.6. The maximum absolute atomic E-state index is 9.52. The van der Waals surface area contributed by atoms with E-state index >= 15 is 0 Å². The van der Waals surface area contributed by atoms with Crippen molar-refractivity contribution in [2.75, 3.05) is 0 Å². The zero-order valence-electron chi connectivity index (χ0n) is 14.8. The Hall–Kier alpha value is -1.22. The van der Waals surface area contributed by atoms with Crippen molar-refractivity contribution in [3.8, 4) is 0 Å². The Morgan fingerprint density at radius 1 is 1.18 bits per heavy atom. The van der Waals surface area contributed by atoms with E-state index in [4.69, 9.17) is 0 Å². The number of aliphatic hydroxyl groups is 1. The van der Waals surface area contributed by atoms with Crippen molar-refractivity contribution in [2.45, 2.75) is 66.4 Å². The Balaban J connectivity index is 0.000000198. The van der Waals surface area contributed by atoms with Crippen molar-refractivity contribution in [1.29, 1.82) is 0 Å². The van der Waals surface area contributed by atoms with Gasteiger partial charge in [0, 0.05) is 12.4 Å². The molecule has 1 N–H and O–H groups in total. The SMILES string of the molecule is CC.CC1CCC2C1CC[C@H]2O.CC=Nc1cnccc1C. The van der Waals surface area contributed by atoms with E-state index in [1.807, 2.05) is 33.8 Å². The molecule has 2 aliphatic carbocycles. The second-order valence-electron chi connectivity index (χ2n) is 6.08. The molecule has 1 aromatic heterocycles. The molecule has 0 saturated heterocycles. The van der Waals surface area contributed by atoms with Gasteiger partial charge < -0.3 is 5.11 Å². The number of aliphatic imine (C=N–C) groups is 1. The number of aliphatic hydroxyl groups excluding tert-OH is 1. The molecule has 3 nitrogen and oxygen atoms in total. The number of hydrogen-bond acceptors (Lipinski definition) is 3. The van der Waals surface area contributed by atoms with Crippen LogP contribution in [0.5, 0.6) is 0 Å². The van der Waals surface area contributed by atoms with Gasteiger partial charge in [0.2, 0.25) is 0 Å². The van der Waals surface area contributed by atoms with Crippen molar-refractivity contribution >= 4 is 11.9 Å². The highest BCUT2D eigenvalue weighted by atomic mass is 16.3. The topological polar surface area (TPSA) is 45.5 Å². The fourth-order valence-electron chi connectivity index (χ4n) is 3.59. The molecular formula is C19H32N2O. The van der Waals surface area contributed by atoms with Crippen LogP contribution in [0, 0.1) is 24.7 Å². The minimum Gasteiger partial charge on any atom is -0.393 e. The normalized spacial score (nSPS) is 29.4. The predicted molar refractivity (Wildman–Crippen MR) is 94.8 cm³/mol. The third kappa shape index (κ3) is 4.91. The van der Waals surface area contributed by atoms with E-state index in [9.17, 15) is 5.11 Å². The van der Waals surface area contributed by atoms with E-state index in [2.05, 4.69) is 16.9 Å². The predicted octanol–water partition coefficient (Wildman–Crippen LogP) is 4.94. The van der Waals surface area contributed by atoms with E-state index in [0.29, 0.717) is 5.92 Å². The molecule has 0 radical (unpaired) electrons. The summed E-state index contributed by atoms with van der Waals surface area (Å²) in [5.74, 6) is 2.44. The first-order valence-electron chi connectivity index (χ1n) is 8.70. The number of nitrogens with zero attached hydrogens (tertiary/aromatic N) is 2. The fourth-order valence-corrected chi connectivity index (χ4v) is 3.59. The van der Waals surface area contributed by atoms with Gasteiger partial charge in [-0.05, 0) is 62.5 Å². The number of rotatable bonds is 1. The first kappa shape index (κ1) is 18.8. The number of aryl methyl sites for hydroxylation is 1. The average molecular weight is 304 g/mol. The summed E-state index contributed by atoms with van der Waals surface area (Å²) >= 11 is 0. The van der Waals surface area contributed by atoms with Gasteiger partial charge in [0.25, 0.3) is 0 Å². The molecule has 0 spiro atoms. The lowest BCUT2D eigenvalue weighted by atomic mass is 9.93. The highest BCUT2D eigenvalue weighted by Crippen LogP contribution is 2.47. The second-order valence-corrected chi connectivity index (χ2v) is 6.08. The van der Waals surface area contributed by atoms with Gasteiger partial charge in [0.15, 0.2) is 0 Å². The van der Waals surface area contributed by atoms with Crippen molar-refractivity contribution in [3.05, 3.63) is 24.0 Å². The van der Waals surface area contributed by atoms with E-state index < -0.39 is 0 Å². The molecule has 1 aromatic rings. The molecular weight excluding hydrogens is 272 g/mol. The summed E-state index contributed by atoms with van der Waals surface area (Å²) in [6.45, 7) is 10.2. The Bertz CT molecular complexity index is 443. The van der Waals surface area contributed by atoms with Gasteiger partial charge in [-0.1, -0.05) is 27.2 Å². The molecule has 2 saturated carbocycles. The molecule has 2 fully saturated rings. The zero-order chi connectivity index (χ0) is 16.5. The molecule has 3 unspecified atom stereocenters. The van der Waals surface area contributed by atoms with Gasteiger partial charge in [0.05, 0.1) is 18.0 Å².